The molecule has 0 radical (unpaired) electrons. The van der Waals surface area contributed by atoms with Crippen LogP contribution in [0.25, 0.3) is 10.9 Å². The van der Waals surface area contributed by atoms with Crippen molar-refractivity contribution >= 4 is 10.9 Å². The molecule has 0 saturated heterocycles. The van der Waals surface area contributed by atoms with E-state index >= 15 is 0 Å². The van der Waals surface area contributed by atoms with Crippen LogP contribution in [0.3, 0.4) is 0 Å². The molecule has 1 aromatic carbocycles. The summed E-state index contributed by atoms with van der Waals surface area (Å²) in [6.45, 7) is 1.97. The number of aryl methyl sites for hydroxylation is 1. The summed E-state index contributed by atoms with van der Waals surface area (Å²) in [5, 5.41) is 11.0. The summed E-state index contributed by atoms with van der Waals surface area (Å²) >= 11 is 0. The molecule has 0 aliphatic carbocycles. The highest BCUT2D eigenvalue weighted by atomic mass is 16.3. The van der Waals surface area contributed by atoms with Crippen LogP contribution in [0.1, 0.15) is 30.2 Å². The predicted octanol–water partition coefficient (Wildman–Crippen LogP) is 2.99. The van der Waals surface area contributed by atoms with Crippen LogP contribution in [0.5, 0.6) is 0 Å². The second-order valence-electron chi connectivity index (χ2n) is 4.16. The first-order valence-electron chi connectivity index (χ1n) is 5.69. The number of hydrogen-bond acceptors (Lipinski definition) is 2. The van der Waals surface area contributed by atoms with Crippen molar-refractivity contribution < 1.29 is 5.11 Å². The third kappa shape index (κ3) is 2.64. The van der Waals surface area contributed by atoms with Crippen LogP contribution in [0.4, 0.5) is 0 Å². The van der Waals surface area contributed by atoms with E-state index in [0.29, 0.717) is 12.8 Å². The minimum Gasteiger partial charge on any atom is -0.388 e. The lowest BCUT2D eigenvalue weighted by Crippen LogP contribution is -1.97. The maximum atomic E-state index is 9.95. The number of aromatic nitrogens is 1. The molecule has 2 nitrogen and oxygen atoms in total. The molecule has 0 fully saturated rings. The number of nitrogens with zero attached hydrogens (tertiary/aromatic N) is 1. The van der Waals surface area contributed by atoms with Gasteiger partial charge in [0.2, 0.25) is 0 Å². The average Bonchev–Trinajstić information content (AvgIpc) is 2.35. The first kappa shape index (κ1) is 11.6. The zero-order valence-corrected chi connectivity index (χ0v) is 9.85. The fraction of sp³-hybridized carbons (Fsp3) is 0.267. The van der Waals surface area contributed by atoms with Crippen molar-refractivity contribution in [1.82, 2.24) is 4.98 Å². The third-order valence-corrected chi connectivity index (χ3v) is 2.80. The second kappa shape index (κ2) is 4.99. The number of aliphatic hydroxyl groups is 1. The number of fused-ring (bicyclic) bond motifs is 1. The van der Waals surface area contributed by atoms with Crippen molar-refractivity contribution in [3.63, 3.8) is 0 Å². The van der Waals surface area contributed by atoms with E-state index in [1.165, 1.54) is 0 Å². The standard InChI is InChI=1S/C15H15NO/c1-3-4-5-15(17)13-8-9-14-12(10-13)7-6-11(2)16-14/h1,6-10,15,17H,4-5H2,2H3. The van der Waals surface area contributed by atoms with Gasteiger partial charge in [0.05, 0.1) is 11.6 Å². The first-order chi connectivity index (χ1) is 8.20. The SMILES string of the molecule is C#CCCC(O)c1ccc2nc(C)ccc2c1. The fourth-order valence-electron chi connectivity index (χ4n) is 1.84. The summed E-state index contributed by atoms with van der Waals surface area (Å²) in [5.74, 6) is 2.54. The summed E-state index contributed by atoms with van der Waals surface area (Å²) in [6, 6.07) is 9.82. The number of terminal acetylenes is 1. The molecule has 1 heterocycles. The predicted molar refractivity (Wildman–Crippen MR) is 69.5 cm³/mol. The van der Waals surface area contributed by atoms with Crippen molar-refractivity contribution in [1.29, 1.82) is 0 Å². The molecular weight excluding hydrogens is 210 g/mol. The molecule has 17 heavy (non-hydrogen) atoms. The van der Waals surface area contributed by atoms with Crippen LogP contribution >= 0.6 is 0 Å². The van der Waals surface area contributed by atoms with Gasteiger partial charge >= 0.3 is 0 Å². The van der Waals surface area contributed by atoms with Crippen LogP contribution in [-0.4, -0.2) is 10.1 Å². The van der Waals surface area contributed by atoms with Gasteiger partial charge < -0.3 is 5.11 Å². The number of hydrogen-bond donors (Lipinski definition) is 1. The highest BCUT2D eigenvalue weighted by molar-refractivity contribution is 5.79. The molecule has 1 N–H and O–H groups in total. The molecule has 0 aliphatic rings. The van der Waals surface area contributed by atoms with Gasteiger partial charge in [-0.05, 0) is 37.1 Å². The highest BCUT2D eigenvalue weighted by Crippen LogP contribution is 2.22. The van der Waals surface area contributed by atoms with Gasteiger partial charge in [-0.1, -0.05) is 12.1 Å². The molecule has 2 heteroatoms. The smallest absolute Gasteiger partial charge is 0.0799 e. The van der Waals surface area contributed by atoms with Gasteiger partial charge in [-0.25, -0.2) is 0 Å². The second-order valence-corrected chi connectivity index (χ2v) is 4.16. The lowest BCUT2D eigenvalue weighted by molar-refractivity contribution is 0.169. The van der Waals surface area contributed by atoms with Crippen LogP contribution in [0.2, 0.25) is 0 Å². The molecule has 1 atom stereocenters. The molecule has 0 bridgehead atoms. The van der Waals surface area contributed by atoms with E-state index in [1.807, 2.05) is 37.3 Å². The lowest BCUT2D eigenvalue weighted by atomic mass is 10.0. The molecule has 86 valence electrons. The minimum atomic E-state index is -0.489. The largest absolute Gasteiger partial charge is 0.388 e. The Morgan fingerprint density at radius 1 is 1.35 bits per heavy atom. The quantitative estimate of drug-likeness (QED) is 0.814. The number of benzene rings is 1. The lowest BCUT2D eigenvalue weighted by Gasteiger charge is -2.10. The third-order valence-electron chi connectivity index (χ3n) is 2.80. The van der Waals surface area contributed by atoms with Gasteiger partial charge in [0.25, 0.3) is 0 Å². The van der Waals surface area contributed by atoms with E-state index in [-0.39, 0.29) is 0 Å². The molecule has 2 aromatic rings. The van der Waals surface area contributed by atoms with E-state index in [9.17, 15) is 5.11 Å². The average molecular weight is 225 g/mol. The van der Waals surface area contributed by atoms with Gasteiger partial charge in [0.15, 0.2) is 0 Å². The minimum absolute atomic E-state index is 0.489. The molecule has 0 saturated carbocycles. The van der Waals surface area contributed by atoms with Crippen molar-refractivity contribution in [2.75, 3.05) is 0 Å². The Bertz CT molecular complexity index is 569. The maximum absolute atomic E-state index is 9.95. The topological polar surface area (TPSA) is 33.1 Å². The van der Waals surface area contributed by atoms with Crippen molar-refractivity contribution in [3.8, 4) is 12.3 Å². The molecule has 0 amide bonds. The Hall–Kier alpha value is -1.85. The van der Waals surface area contributed by atoms with Crippen molar-refractivity contribution in [2.24, 2.45) is 0 Å². The monoisotopic (exact) mass is 225 g/mol. The van der Waals surface area contributed by atoms with Crippen LogP contribution < -0.4 is 0 Å². The number of aliphatic hydroxyl groups excluding tert-OH is 1. The summed E-state index contributed by atoms with van der Waals surface area (Å²) in [6.07, 6.45) is 5.89. The van der Waals surface area contributed by atoms with E-state index in [4.69, 9.17) is 6.42 Å². The normalized spacial score (nSPS) is 12.3. The zero-order chi connectivity index (χ0) is 12.3. The van der Waals surface area contributed by atoms with Crippen LogP contribution in [0, 0.1) is 19.3 Å². The van der Waals surface area contributed by atoms with Crippen LogP contribution in [-0.2, 0) is 0 Å². The van der Waals surface area contributed by atoms with Gasteiger partial charge in [-0.3, -0.25) is 4.98 Å². The van der Waals surface area contributed by atoms with E-state index in [0.717, 1.165) is 22.2 Å². The summed E-state index contributed by atoms with van der Waals surface area (Å²) in [7, 11) is 0. The zero-order valence-electron chi connectivity index (χ0n) is 9.85. The van der Waals surface area contributed by atoms with Gasteiger partial charge in [0, 0.05) is 17.5 Å². The molecular formula is C15H15NO. The number of pyridine rings is 1. The Balaban J connectivity index is 2.32. The summed E-state index contributed by atoms with van der Waals surface area (Å²) in [5.41, 5.74) is 2.86. The molecule has 1 aromatic heterocycles. The highest BCUT2D eigenvalue weighted by Gasteiger charge is 2.07. The molecule has 0 spiro atoms. The Morgan fingerprint density at radius 3 is 2.94 bits per heavy atom. The van der Waals surface area contributed by atoms with Crippen molar-refractivity contribution in [2.45, 2.75) is 25.9 Å². The van der Waals surface area contributed by atoms with Gasteiger partial charge in [-0.2, -0.15) is 0 Å². The summed E-state index contributed by atoms with van der Waals surface area (Å²) < 4.78 is 0. The first-order valence-corrected chi connectivity index (χ1v) is 5.69. The number of rotatable bonds is 3. The Morgan fingerprint density at radius 2 is 2.18 bits per heavy atom. The molecule has 2 rings (SSSR count). The van der Waals surface area contributed by atoms with Gasteiger partial charge in [-0.15, -0.1) is 12.3 Å². The van der Waals surface area contributed by atoms with E-state index in [1.54, 1.807) is 0 Å². The van der Waals surface area contributed by atoms with Crippen LogP contribution in [0.15, 0.2) is 30.3 Å². The Kier molecular flexibility index (Phi) is 3.41. The molecule has 1 unspecified atom stereocenters. The van der Waals surface area contributed by atoms with E-state index < -0.39 is 6.10 Å². The van der Waals surface area contributed by atoms with Crippen molar-refractivity contribution in [3.05, 3.63) is 41.6 Å². The maximum Gasteiger partial charge on any atom is 0.0799 e. The fourth-order valence-corrected chi connectivity index (χ4v) is 1.84. The molecule has 0 aliphatic heterocycles. The Labute approximate surface area is 101 Å². The summed E-state index contributed by atoms with van der Waals surface area (Å²) in [4.78, 5) is 4.42. The van der Waals surface area contributed by atoms with E-state index in [2.05, 4.69) is 10.9 Å². The van der Waals surface area contributed by atoms with Gasteiger partial charge in [0.1, 0.15) is 0 Å².